The molecule has 7 nitrogen and oxygen atoms in total. The molecule has 0 bridgehead atoms. The number of hydrogen-bond acceptors (Lipinski definition) is 6. The average molecular weight is 462 g/mol. The second-order valence-corrected chi connectivity index (χ2v) is 7.94. The number of carboxylic acids is 1. The molecule has 144 valence electrons. The van der Waals surface area contributed by atoms with Gasteiger partial charge in [-0.25, -0.2) is 0 Å². The second kappa shape index (κ2) is 9.52. The summed E-state index contributed by atoms with van der Waals surface area (Å²) in [4.78, 5) is 22.4. The van der Waals surface area contributed by atoms with Crippen molar-refractivity contribution in [1.82, 2.24) is 5.32 Å². The molecule has 1 aliphatic heterocycles. The highest BCUT2D eigenvalue weighted by Gasteiger charge is 2.32. The summed E-state index contributed by atoms with van der Waals surface area (Å²) < 4.78 is 6.79. The molecule has 2 aromatic rings. The molecule has 1 saturated heterocycles. The first-order valence-corrected chi connectivity index (χ1v) is 9.94. The van der Waals surface area contributed by atoms with Gasteiger partial charge in [-0.05, 0) is 35.4 Å². The summed E-state index contributed by atoms with van der Waals surface area (Å²) in [6.07, 6.45) is 1.28. The smallest absolute Gasteiger partial charge is 0.305 e. The maximum Gasteiger partial charge on any atom is 0.305 e. The zero-order valence-electron chi connectivity index (χ0n) is 14.5. The van der Waals surface area contributed by atoms with E-state index in [-0.39, 0.29) is 17.5 Å². The summed E-state index contributed by atoms with van der Waals surface area (Å²) in [5, 5.41) is 18.8. The highest BCUT2D eigenvalue weighted by molar-refractivity contribution is 9.10. The van der Waals surface area contributed by atoms with Crippen molar-refractivity contribution in [3.8, 4) is 5.75 Å². The van der Waals surface area contributed by atoms with E-state index in [1.54, 1.807) is 0 Å². The predicted octanol–water partition coefficient (Wildman–Crippen LogP) is 3.42. The van der Waals surface area contributed by atoms with Crippen molar-refractivity contribution in [2.75, 3.05) is 0 Å². The predicted molar refractivity (Wildman–Crippen MR) is 112 cm³/mol. The van der Waals surface area contributed by atoms with E-state index < -0.39 is 11.2 Å². The van der Waals surface area contributed by atoms with Crippen molar-refractivity contribution in [2.45, 2.75) is 18.3 Å². The molecule has 0 aromatic heterocycles. The Morgan fingerprint density at radius 2 is 2.11 bits per heavy atom. The minimum atomic E-state index is -1.03. The van der Waals surface area contributed by atoms with Gasteiger partial charge in [-0.15, -0.1) is 5.10 Å². The van der Waals surface area contributed by atoms with Gasteiger partial charge in [0.05, 0.1) is 12.6 Å². The maximum atomic E-state index is 11.7. The zero-order valence-corrected chi connectivity index (χ0v) is 16.9. The van der Waals surface area contributed by atoms with Crippen LogP contribution in [0.15, 0.2) is 63.2 Å². The van der Waals surface area contributed by atoms with Gasteiger partial charge < -0.3 is 15.2 Å². The summed E-state index contributed by atoms with van der Waals surface area (Å²) in [7, 11) is 0. The molecule has 2 aromatic carbocycles. The van der Waals surface area contributed by atoms with E-state index >= 15 is 0 Å². The fourth-order valence-electron chi connectivity index (χ4n) is 2.37. The number of carbonyl (C=O) groups excluding carboxylic acids is 1. The second-order valence-electron chi connectivity index (χ2n) is 5.83. The third-order valence-corrected chi connectivity index (χ3v) is 5.21. The summed E-state index contributed by atoms with van der Waals surface area (Å²) in [6.45, 7) is 0.440. The van der Waals surface area contributed by atoms with Gasteiger partial charge in [-0.1, -0.05) is 52.0 Å². The van der Waals surface area contributed by atoms with Crippen LogP contribution in [0.1, 0.15) is 17.5 Å². The topological polar surface area (TPSA) is 100 Å². The number of carbonyl (C=O) groups is 2. The highest BCUT2D eigenvalue weighted by atomic mass is 79.9. The summed E-state index contributed by atoms with van der Waals surface area (Å²) in [6, 6.07) is 15.3. The molecule has 9 heteroatoms. The molecule has 1 unspecified atom stereocenters. The Bertz CT molecular complexity index is 948. The third-order valence-electron chi connectivity index (χ3n) is 3.64. The summed E-state index contributed by atoms with van der Waals surface area (Å²) in [5.41, 5.74) is 1.83. The SMILES string of the molecule is O=C(O)CC1SC(=NN=Cc2cccc(OCc3cccc(Br)c3)c2)NC1=O. The van der Waals surface area contributed by atoms with E-state index in [4.69, 9.17) is 9.84 Å². The van der Waals surface area contributed by atoms with E-state index in [1.807, 2.05) is 48.5 Å². The lowest BCUT2D eigenvalue weighted by atomic mass is 10.2. The Balaban J connectivity index is 1.58. The molecule has 3 rings (SSSR count). The molecule has 2 N–H and O–H groups in total. The standard InChI is InChI=1S/C19H16BrN3O4S/c20-14-5-1-4-13(7-14)11-27-15-6-2-3-12(8-15)10-21-23-19-22-18(26)16(28-19)9-17(24)25/h1-8,10,16H,9,11H2,(H,24,25)(H,22,23,26). The van der Waals surface area contributed by atoms with Crippen molar-refractivity contribution in [3.63, 3.8) is 0 Å². The minimum absolute atomic E-state index is 0.253. The first kappa shape index (κ1) is 20.1. The van der Waals surface area contributed by atoms with E-state index in [2.05, 4.69) is 31.4 Å². The van der Waals surface area contributed by atoms with Crippen LogP contribution >= 0.6 is 27.7 Å². The molecule has 1 amide bonds. The van der Waals surface area contributed by atoms with Crippen LogP contribution in [0.3, 0.4) is 0 Å². The van der Waals surface area contributed by atoms with Crippen LogP contribution in [0.2, 0.25) is 0 Å². The molecule has 1 atom stereocenters. The average Bonchev–Trinajstić information content (AvgIpc) is 2.99. The van der Waals surface area contributed by atoms with Crippen LogP contribution in [-0.4, -0.2) is 33.6 Å². The highest BCUT2D eigenvalue weighted by Crippen LogP contribution is 2.22. The Labute approximate surface area is 174 Å². The fraction of sp³-hybridized carbons (Fsp3) is 0.158. The number of hydrogen-bond donors (Lipinski definition) is 2. The minimum Gasteiger partial charge on any atom is -0.489 e. The number of halogens is 1. The largest absolute Gasteiger partial charge is 0.489 e. The molecule has 28 heavy (non-hydrogen) atoms. The number of ether oxygens (including phenoxy) is 1. The van der Waals surface area contributed by atoms with Gasteiger partial charge in [-0.3, -0.25) is 9.59 Å². The van der Waals surface area contributed by atoms with Crippen molar-refractivity contribution in [2.24, 2.45) is 10.2 Å². The van der Waals surface area contributed by atoms with Gasteiger partial charge in [-0.2, -0.15) is 5.10 Å². The summed E-state index contributed by atoms with van der Waals surface area (Å²) >= 11 is 4.49. The number of carboxylic acid groups (broad SMARTS) is 1. The first-order valence-electron chi connectivity index (χ1n) is 8.27. The van der Waals surface area contributed by atoms with Crippen LogP contribution in [0.4, 0.5) is 0 Å². The van der Waals surface area contributed by atoms with Crippen LogP contribution in [0, 0.1) is 0 Å². The number of thioether (sulfide) groups is 1. The molecule has 0 saturated carbocycles. The zero-order chi connectivity index (χ0) is 19.9. The van der Waals surface area contributed by atoms with Crippen molar-refractivity contribution >= 4 is 51.0 Å². The van der Waals surface area contributed by atoms with Gasteiger partial charge in [0.1, 0.15) is 17.6 Å². The Morgan fingerprint density at radius 3 is 2.89 bits per heavy atom. The van der Waals surface area contributed by atoms with Crippen molar-refractivity contribution in [3.05, 3.63) is 64.1 Å². The van der Waals surface area contributed by atoms with Crippen LogP contribution in [0.5, 0.6) is 5.75 Å². The Kier molecular flexibility index (Phi) is 6.83. The molecular formula is C19H16BrN3O4S. The maximum absolute atomic E-state index is 11.7. The lowest BCUT2D eigenvalue weighted by molar-refractivity contribution is -0.138. The van der Waals surface area contributed by atoms with Gasteiger partial charge >= 0.3 is 5.97 Å². The molecule has 0 aliphatic carbocycles. The van der Waals surface area contributed by atoms with E-state index in [0.29, 0.717) is 12.4 Å². The number of amidine groups is 1. The number of benzene rings is 2. The normalized spacial score (nSPS) is 17.8. The van der Waals surface area contributed by atoms with Gasteiger partial charge in [0.2, 0.25) is 5.91 Å². The Morgan fingerprint density at radius 1 is 1.29 bits per heavy atom. The summed E-state index contributed by atoms with van der Waals surface area (Å²) in [5.74, 6) is -0.706. The lowest BCUT2D eigenvalue weighted by Crippen LogP contribution is -2.26. The number of aliphatic carboxylic acids is 1. The van der Waals surface area contributed by atoms with E-state index in [0.717, 1.165) is 27.4 Å². The quantitative estimate of drug-likeness (QED) is 0.485. The van der Waals surface area contributed by atoms with Gasteiger partial charge in [0, 0.05) is 4.47 Å². The molecular weight excluding hydrogens is 446 g/mol. The monoisotopic (exact) mass is 461 g/mol. The molecule has 0 radical (unpaired) electrons. The molecule has 1 fully saturated rings. The molecule has 1 heterocycles. The number of rotatable bonds is 7. The molecule has 1 aliphatic rings. The lowest BCUT2D eigenvalue weighted by Gasteiger charge is -2.07. The van der Waals surface area contributed by atoms with Crippen molar-refractivity contribution in [1.29, 1.82) is 0 Å². The van der Waals surface area contributed by atoms with Crippen molar-refractivity contribution < 1.29 is 19.4 Å². The van der Waals surface area contributed by atoms with E-state index in [1.165, 1.54) is 6.21 Å². The van der Waals surface area contributed by atoms with Gasteiger partial charge in [0.25, 0.3) is 0 Å². The number of amides is 1. The Hall–Kier alpha value is -2.65. The number of nitrogens with zero attached hydrogens (tertiary/aromatic N) is 2. The van der Waals surface area contributed by atoms with Crippen LogP contribution < -0.4 is 10.1 Å². The van der Waals surface area contributed by atoms with Gasteiger partial charge in [0.15, 0.2) is 5.17 Å². The van der Waals surface area contributed by atoms with Crippen LogP contribution in [0.25, 0.3) is 0 Å². The fourth-order valence-corrected chi connectivity index (χ4v) is 3.73. The van der Waals surface area contributed by atoms with Crippen LogP contribution in [-0.2, 0) is 16.2 Å². The molecule has 0 spiro atoms. The van der Waals surface area contributed by atoms with E-state index in [9.17, 15) is 9.59 Å². The number of nitrogens with one attached hydrogen (secondary N) is 1. The first-order chi connectivity index (χ1) is 13.5. The third kappa shape index (κ3) is 5.93.